The Kier molecular flexibility index (Phi) is 6.22. The van der Waals surface area contributed by atoms with Gasteiger partial charge >= 0.3 is 0 Å². The summed E-state index contributed by atoms with van der Waals surface area (Å²) in [6, 6.07) is 17.6. The van der Waals surface area contributed by atoms with Crippen molar-refractivity contribution < 1.29 is 14.3 Å². The summed E-state index contributed by atoms with van der Waals surface area (Å²) in [6.07, 6.45) is 2.37. The molecule has 152 valence electrons. The van der Waals surface area contributed by atoms with Crippen molar-refractivity contribution in [3.63, 3.8) is 0 Å². The molecular weight excluding hydrogens is 366 g/mol. The van der Waals surface area contributed by atoms with Crippen molar-refractivity contribution >= 4 is 17.5 Å². The van der Waals surface area contributed by atoms with E-state index in [0.717, 1.165) is 25.9 Å². The van der Waals surface area contributed by atoms with Crippen LogP contribution in [0.4, 0.5) is 5.69 Å². The van der Waals surface area contributed by atoms with E-state index in [1.54, 1.807) is 24.3 Å². The zero-order valence-corrected chi connectivity index (χ0v) is 16.5. The summed E-state index contributed by atoms with van der Waals surface area (Å²) in [5.74, 6) is -0.0199. The second kappa shape index (κ2) is 9.20. The van der Waals surface area contributed by atoms with Crippen molar-refractivity contribution in [3.05, 3.63) is 65.7 Å². The van der Waals surface area contributed by atoms with Gasteiger partial charge < -0.3 is 20.3 Å². The number of anilines is 1. The van der Waals surface area contributed by atoms with Gasteiger partial charge in [-0.3, -0.25) is 9.59 Å². The summed E-state index contributed by atoms with van der Waals surface area (Å²) < 4.78 is 5.38. The van der Waals surface area contributed by atoms with Gasteiger partial charge in [0.1, 0.15) is 0 Å². The fourth-order valence-electron chi connectivity index (χ4n) is 4.08. The number of nitrogens with one attached hydrogen (secondary N) is 2. The lowest BCUT2D eigenvalue weighted by molar-refractivity contribution is -0.117. The van der Waals surface area contributed by atoms with Gasteiger partial charge in [0.25, 0.3) is 5.91 Å². The first-order valence-electron chi connectivity index (χ1n) is 10.3. The van der Waals surface area contributed by atoms with Crippen LogP contribution in [-0.2, 0) is 9.53 Å². The maximum absolute atomic E-state index is 13.0. The summed E-state index contributed by atoms with van der Waals surface area (Å²) >= 11 is 0. The van der Waals surface area contributed by atoms with Crippen LogP contribution in [0.2, 0.25) is 0 Å². The average Bonchev–Trinajstić information content (AvgIpc) is 3.25. The molecule has 2 aromatic carbocycles. The number of benzene rings is 2. The van der Waals surface area contributed by atoms with Gasteiger partial charge in [-0.15, -0.1) is 0 Å². The van der Waals surface area contributed by atoms with Gasteiger partial charge in [-0.05, 0) is 42.7 Å². The van der Waals surface area contributed by atoms with E-state index < -0.39 is 0 Å². The molecule has 6 heteroatoms. The highest BCUT2D eigenvalue weighted by Gasteiger charge is 2.30. The van der Waals surface area contributed by atoms with Gasteiger partial charge in [-0.2, -0.15) is 0 Å². The second-order valence-electron chi connectivity index (χ2n) is 7.62. The molecule has 2 amide bonds. The molecule has 2 aliphatic heterocycles. The third kappa shape index (κ3) is 4.83. The number of hydrogen-bond acceptors (Lipinski definition) is 4. The summed E-state index contributed by atoms with van der Waals surface area (Å²) in [6.45, 7) is 2.79. The molecule has 29 heavy (non-hydrogen) atoms. The fourth-order valence-corrected chi connectivity index (χ4v) is 4.08. The first kappa shape index (κ1) is 19.6. The highest BCUT2D eigenvalue weighted by atomic mass is 16.5. The van der Waals surface area contributed by atoms with Crippen LogP contribution < -0.4 is 10.6 Å². The van der Waals surface area contributed by atoms with Crippen LogP contribution in [0.1, 0.15) is 41.2 Å². The predicted molar refractivity (Wildman–Crippen MR) is 112 cm³/mol. The van der Waals surface area contributed by atoms with Crippen molar-refractivity contribution in [2.24, 2.45) is 0 Å². The van der Waals surface area contributed by atoms with Crippen molar-refractivity contribution in [1.29, 1.82) is 0 Å². The number of ether oxygens (including phenoxy) is 1. The third-order valence-electron chi connectivity index (χ3n) is 5.54. The first-order valence-corrected chi connectivity index (χ1v) is 10.3. The maximum atomic E-state index is 13.0. The minimum Gasteiger partial charge on any atom is -0.378 e. The topological polar surface area (TPSA) is 70.7 Å². The van der Waals surface area contributed by atoms with Crippen molar-refractivity contribution in [2.75, 3.05) is 31.6 Å². The van der Waals surface area contributed by atoms with Crippen molar-refractivity contribution in [2.45, 2.75) is 31.3 Å². The SMILES string of the molecule is O=C(CC1COCCN1)Nc1ccc(C(=O)N2CCCC2c2ccccc2)cc1. The third-order valence-corrected chi connectivity index (χ3v) is 5.54. The van der Waals surface area contributed by atoms with Crippen LogP contribution in [0.3, 0.4) is 0 Å². The average molecular weight is 393 g/mol. The highest BCUT2D eigenvalue weighted by Crippen LogP contribution is 2.33. The smallest absolute Gasteiger partial charge is 0.254 e. The van der Waals surface area contributed by atoms with Crippen LogP contribution >= 0.6 is 0 Å². The van der Waals surface area contributed by atoms with Gasteiger partial charge in [-0.1, -0.05) is 30.3 Å². The van der Waals surface area contributed by atoms with E-state index in [-0.39, 0.29) is 23.9 Å². The first-order chi connectivity index (χ1) is 14.2. The van der Waals surface area contributed by atoms with Crippen molar-refractivity contribution in [3.8, 4) is 0 Å². The lowest BCUT2D eigenvalue weighted by Gasteiger charge is -2.25. The molecule has 0 bridgehead atoms. The van der Waals surface area contributed by atoms with E-state index in [2.05, 4.69) is 22.8 Å². The van der Waals surface area contributed by atoms with E-state index in [1.165, 1.54) is 5.56 Å². The highest BCUT2D eigenvalue weighted by molar-refractivity contribution is 5.96. The van der Waals surface area contributed by atoms with E-state index >= 15 is 0 Å². The molecule has 2 N–H and O–H groups in total. The Bertz CT molecular complexity index is 832. The molecule has 2 heterocycles. The molecule has 0 aromatic heterocycles. The zero-order valence-electron chi connectivity index (χ0n) is 16.5. The minimum absolute atomic E-state index is 0.0396. The number of morpholine rings is 1. The molecule has 2 aromatic rings. The number of nitrogens with zero attached hydrogens (tertiary/aromatic N) is 1. The number of carbonyl (C=O) groups is 2. The van der Waals surface area contributed by atoms with Crippen LogP contribution in [0.15, 0.2) is 54.6 Å². The summed E-state index contributed by atoms with van der Waals surface area (Å²) in [5, 5.41) is 6.17. The van der Waals surface area contributed by atoms with E-state index in [4.69, 9.17) is 4.74 Å². The van der Waals surface area contributed by atoms with Gasteiger partial charge in [0.15, 0.2) is 0 Å². The second-order valence-corrected chi connectivity index (χ2v) is 7.62. The molecule has 2 fully saturated rings. The molecule has 0 aliphatic carbocycles. The molecular formula is C23H27N3O3. The van der Waals surface area contributed by atoms with Gasteiger partial charge in [0.05, 0.1) is 19.3 Å². The number of carbonyl (C=O) groups excluding carboxylic acids is 2. The predicted octanol–water partition coefficient (Wildman–Crippen LogP) is 2.98. The van der Waals surface area contributed by atoms with Crippen molar-refractivity contribution in [1.82, 2.24) is 10.2 Å². The van der Waals surface area contributed by atoms with Crippen LogP contribution in [0.25, 0.3) is 0 Å². The van der Waals surface area contributed by atoms with E-state index in [0.29, 0.717) is 30.9 Å². The number of hydrogen-bond donors (Lipinski definition) is 2. The molecule has 2 atom stereocenters. The summed E-state index contributed by atoms with van der Waals surface area (Å²) in [7, 11) is 0. The number of amides is 2. The van der Waals surface area contributed by atoms with Crippen LogP contribution in [0.5, 0.6) is 0 Å². The molecule has 2 saturated heterocycles. The Balaban J connectivity index is 1.37. The van der Waals surface area contributed by atoms with Crippen LogP contribution in [0, 0.1) is 0 Å². The molecule has 2 unspecified atom stereocenters. The standard InChI is InChI=1S/C23H27N3O3/c27-22(15-20-16-29-14-12-24-20)25-19-10-8-18(9-11-19)23(28)26-13-4-7-21(26)17-5-2-1-3-6-17/h1-3,5-6,8-11,20-21,24H,4,7,12-16H2,(H,25,27). The molecule has 4 rings (SSSR count). The lowest BCUT2D eigenvalue weighted by atomic mass is 10.0. The monoisotopic (exact) mass is 393 g/mol. The maximum Gasteiger partial charge on any atom is 0.254 e. The molecule has 2 aliphatic rings. The summed E-state index contributed by atoms with van der Waals surface area (Å²) in [5.41, 5.74) is 2.53. The Hall–Kier alpha value is -2.70. The molecule has 6 nitrogen and oxygen atoms in total. The van der Waals surface area contributed by atoms with Gasteiger partial charge in [-0.25, -0.2) is 0 Å². The normalized spacial score (nSPS) is 21.7. The molecule has 0 saturated carbocycles. The number of likely N-dealkylation sites (tertiary alicyclic amines) is 1. The Morgan fingerprint density at radius 1 is 1.10 bits per heavy atom. The molecule has 0 radical (unpaired) electrons. The fraction of sp³-hybridized carbons (Fsp3) is 0.391. The summed E-state index contributed by atoms with van der Waals surface area (Å²) in [4.78, 5) is 27.2. The van der Waals surface area contributed by atoms with Gasteiger partial charge in [0.2, 0.25) is 5.91 Å². The largest absolute Gasteiger partial charge is 0.378 e. The quantitative estimate of drug-likeness (QED) is 0.819. The Morgan fingerprint density at radius 2 is 1.90 bits per heavy atom. The minimum atomic E-state index is -0.0595. The van der Waals surface area contributed by atoms with E-state index in [1.807, 2.05) is 23.1 Å². The Labute approximate surface area is 171 Å². The molecule has 0 spiro atoms. The number of rotatable bonds is 5. The van der Waals surface area contributed by atoms with Gasteiger partial charge in [0, 0.05) is 36.8 Å². The Morgan fingerprint density at radius 3 is 2.62 bits per heavy atom. The van der Waals surface area contributed by atoms with Crippen LogP contribution in [-0.4, -0.2) is 49.1 Å². The lowest BCUT2D eigenvalue weighted by Crippen LogP contribution is -2.43. The zero-order chi connectivity index (χ0) is 20.1. The van der Waals surface area contributed by atoms with E-state index in [9.17, 15) is 9.59 Å².